The molecule has 18 heavy (non-hydrogen) atoms. The minimum atomic E-state index is -0.819. The Morgan fingerprint density at radius 3 is 2.67 bits per heavy atom. The fourth-order valence-electron chi connectivity index (χ4n) is 1.56. The molecule has 0 unspecified atom stereocenters. The van der Waals surface area contributed by atoms with Crippen LogP contribution < -0.4 is 0 Å². The summed E-state index contributed by atoms with van der Waals surface area (Å²) in [6, 6.07) is 7.91. The van der Waals surface area contributed by atoms with Crippen LogP contribution in [0.25, 0.3) is 17.3 Å². The number of aliphatic carboxylic acids is 1. The van der Waals surface area contributed by atoms with Gasteiger partial charge in [0.25, 0.3) is 0 Å². The molecule has 0 saturated heterocycles. The predicted molar refractivity (Wildman–Crippen MR) is 73.6 cm³/mol. The van der Waals surface area contributed by atoms with Gasteiger partial charge >= 0.3 is 5.97 Å². The zero-order chi connectivity index (χ0) is 13.0. The summed E-state index contributed by atoms with van der Waals surface area (Å²) in [5.74, 6) is -0.819. The van der Waals surface area contributed by atoms with E-state index < -0.39 is 5.97 Å². The second-order valence-electron chi connectivity index (χ2n) is 3.87. The first-order valence-corrected chi connectivity index (χ1v) is 6.44. The Morgan fingerprint density at radius 2 is 2.11 bits per heavy atom. The lowest BCUT2D eigenvalue weighted by Crippen LogP contribution is -1.89. The summed E-state index contributed by atoms with van der Waals surface area (Å²) in [6.45, 7) is 1.98. The van der Waals surface area contributed by atoms with Crippen molar-refractivity contribution in [3.05, 3.63) is 46.3 Å². The molecule has 2 rings (SSSR count). The molecule has 1 aromatic heterocycles. The van der Waals surface area contributed by atoms with Gasteiger partial charge in [-0.1, -0.05) is 36.4 Å². The number of aromatic nitrogens is 1. The normalized spacial score (nSPS) is 10.9. The molecule has 0 spiro atoms. The van der Waals surface area contributed by atoms with Crippen LogP contribution in [0, 0.1) is 6.92 Å². The highest BCUT2D eigenvalue weighted by Gasteiger charge is 2.01. The summed E-state index contributed by atoms with van der Waals surface area (Å²) < 4.78 is 0. The predicted octanol–water partition coefficient (Wildman–Crippen LogP) is 3.61. The largest absolute Gasteiger partial charge is 0.481 e. The molecule has 0 saturated carbocycles. The highest BCUT2D eigenvalue weighted by atomic mass is 32.1. The number of aryl methyl sites for hydroxylation is 1. The van der Waals surface area contributed by atoms with E-state index in [1.54, 1.807) is 17.4 Å². The van der Waals surface area contributed by atoms with Gasteiger partial charge in [-0.3, -0.25) is 4.79 Å². The number of benzene rings is 1. The molecule has 4 heteroatoms. The van der Waals surface area contributed by atoms with Gasteiger partial charge in [-0.05, 0) is 12.5 Å². The van der Waals surface area contributed by atoms with Crippen LogP contribution in [-0.2, 0) is 4.79 Å². The molecule has 2 aromatic rings. The lowest BCUT2D eigenvalue weighted by atomic mass is 10.1. The summed E-state index contributed by atoms with van der Waals surface area (Å²) in [5, 5.41) is 11.6. The Morgan fingerprint density at radius 1 is 1.39 bits per heavy atom. The maximum absolute atomic E-state index is 10.4. The quantitative estimate of drug-likeness (QED) is 0.912. The summed E-state index contributed by atoms with van der Waals surface area (Å²) in [7, 11) is 0. The molecule has 92 valence electrons. The summed E-state index contributed by atoms with van der Waals surface area (Å²) >= 11 is 1.63. The first kappa shape index (κ1) is 12.5. The van der Waals surface area contributed by atoms with E-state index in [-0.39, 0.29) is 6.42 Å². The van der Waals surface area contributed by atoms with Crippen molar-refractivity contribution >= 4 is 23.4 Å². The van der Waals surface area contributed by atoms with Gasteiger partial charge in [0, 0.05) is 10.9 Å². The lowest BCUT2D eigenvalue weighted by Gasteiger charge is -1.97. The first-order chi connectivity index (χ1) is 8.65. The van der Waals surface area contributed by atoms with Gasteiger partial charge in [0.2, 0.25) is 0 Å². The van der Waals surface area contributed by atoms with Crippen molar-refractivity contribution in [1.29, 1.82) is 0 Å². The van der Waals surface area contributed by atoms with Gasteiger partial charge in [0.1, 0.15) is 0 Å². The molecule has 0 aliphatic heterocycles. The number of carboxylic acids is 1. The Bertz CT molecular complexity index is 570. The van der Waals surface area contributed by atoms with E-state index in [1.807, 2.05) is 42.6 Å². The van der Waals surface area contributed by atoms with E-state index in [1.165, 1.54) is 0 Å². The maximum Gasteiger partial charge on any atom is 0.307 e. The number of hydrogen-bond donors (Lipinski definition) is 1. The average Bonchev–Trinajstić information content (AvgIpc) is 2.76. The van der Waals surface area contributed by atoms with E-state index in [9.17, 15) is 4.79 Å². The Hall–Kier alpha value is -1.94. The molecule has 0 fully saturated rings. The lowest BCUT2D eigenvalue weighted by molar-refractivity contribution is -0.135. The number of hydrogen-bond acceptors (Lipinski definition) is 3. The first-order valence-electron chi connectivity index (χ1n) is 5.56. The number of thiazole rings is 1. The second-order valence-corrected chi connectivity index (χ2v) is 4.94. The molecule has 0 bridgehead atoms. The minimum absolute atomic E-state index is 0.0486. The summed E-state index contributed by atoms with van der Waals surface area (Å²) in [5.41, 5.74) is 3.06. The summed E-state index contributed by atoms with van der Waals surface area (Å²) in [4.78, 5) is 14.8. The van der Waals surface area contributed by atoms with Crippen LogP contribution in [0.5, 0.6) is 0 Å². The second kappa shape index (κ2) is 5.60. The molecular formula is C14H13NO2S. The van der Waals surface area contributed by atoms with Crippen LogP contribution in [0.1, 0.15) is 17.0 Å². The van der Waals surface area contributed by atoms with Gasteiger partial charge in [-0.2, -0.15) is 0 Å². The van der Waals surface area contributed by atoms with Crippen molar-refractivity contribution in [3.63, 3.8) is 0 Å². The molecule has 0 aliphatic carbocycles. The molecule has 1 N–H and O–H groups in total. The number of carbonyl (C=O) groups is 1. The molecular weight excluding hydrogens is 246 g/mol. The van der Waals surface area contributed by atoms with E-state index in [4.69, 9.17) is 5.11 Å². The van der Waals surface area contributed by atoms with Crippen LogP contribution in [0.15, 0.2) is 35.7 Å². The van der Waals surface area contributed by atoms with Crippen molar-refractivity contribution in [2.24, 2.45) is 0 Å². The van der Waals surface area contributed by atoms with Gasteiger partial charge in [0.15, 0.2) is 0 Å². The van der Waals surface area contributed by atoms with E-state index in [0.29, 0.717) is 0 Å². The van der Waals surface area contributed by atoms with E-state index in [2.05, 4.69) is 4.98 Å². The van der Waals surface area contributed by atoms with Gasteiger partial charge in [0.05, 0.1) is 17.1 Å². The Kier molecular flexibility index (Phi) is 3.89. The van der Waals surface area contributed by atoms with E-state index >= 15 is 0 Å². The third-order valence-corrected chi connectivity index (χ3v) is 3.20. The minimum Gasteiger partial charge on any atom is -0.481 e. The van der Waals surface area contributed by atoms with Crippen molar-refractivity contribution in [2.45, 2.75) is 13.3 Å². The van der Waals surface area contributed by atoms with Gasteiger partial charge < -0.3 is 5.11 Å². The van der Waals surface area contributed by atoms with Crippen LogP contribution in [-0.4, -0.2) is 16.1 Å². The van der Waals surface area contributed by atoms with Crippen LogP contribution in [0.4, 0.5) is 0 Å². The molecule has 1 heterocycles. The fourth-order valence-corrected chi connectivity index (χ4v) is 2.18. The zero-order valence-electron chi connectivity index (χ0n) is 9.96. The smallest absolute Gasteiger partial charge is 0.307 e. The van der Waals surface area contributed by atoms with Gasteiger partial charge in [-0.25, -0.2) is 4.98 Å². The molecule has 1 aromatic carbocycles. The van der Waals surface area contributed by atoms with Crippen molar-refractivity contribution < 1.29 is 9.90 Å². The SMILES string of the molecule is Cc1nc(-c2ccc(C=CCC(=O)O)cc2)cs1. The molecule has 0 radical (unpaired) electrons. The molecule has 0 aliphatic rings. The summed E-state index contributed by atoms with van der Waals surface area (Å²) in [6.07, 6.45) is 3.50. The van der Waals surface area contributed by atoms with Crippen LogP contribution >= 0.6 is 11.3 Å². The highest BCUT2D eigenvalue weighted by Crippen LogP contribution is 2.22. The van der Waals surface area contributed by atoms with Crippen molar-refractivity contribution in [3.8, 4) is 11.3 Å². The Balaban J connectivity index is 2.10. The van der Waals surface area contributed by atoms with Gasteiger partial charge in [-0.15, -0.1) is 11.3 Å². The third-order valence-electron chi connectivity index (χ3n) is 2.43. The zero-order valence-corrected chi connectivity index (χ0v) is 10.8. The number of nitrogens with zero attached hydrogens (tertiary/aromatic N) is 1. The number of rotatable bonds is 4. The monoisotopic (exact) mass is 259 g/mol. The average molecular weight is 259 g/mol. The van der Waals surface area contributed by atoms with Crippen molar-refractivity contribution in [2.75, 3.05) is 0 Å². The molecule has 0 amide bonds. The maximum atomic E-state index is 10.4. The topological polar surface area (TPSA) is 50.2 Å². The third kappa shape index (κ3) is 3.28. The van der Waals surface area contributed by atoms with Crippen LogP contribution in [0.2, 0.25) is 0 Å². The highest BCUT2D eigenvalue weighted by molar-refractivity contribution is 7.09. The molecule has 0 atom stereocenters. The fraction of sp³-hybridized carbons (Fsp3) is 0.143. The Labute approximate surface area is 109 Å². The number of carboxylic acid groups (broad SMARTS) is 1. The standard InChI is InChI=1S/C14H13NO2S/c1-10-15-13(9-18-10)12-7-5-11(6-8-12)3-2-4-14(16)17/h2-3,5-9H,4H2,1H3,(H,16,17). The van der Waals surface area contributed by atoms with E-state index in [0.717, 1.165) is 21.8 Å². The molecule has 3 nitrogen and oxygen atoms in total. The van der Waals surface area contributed by atoms with Crippen molar-refractivity contribution in [1.82, 2.24) is 4.98 Å². The van der Waals surface area contributed by atoms with Crippen LogP contribution in [0.3, 0.4) is 0 Å².